The van der Waals surface area contributed by atoms with Crippen molar-refractivity contribution in [3.05, 3.63) is 0 Å². The third-order valence-corrected chi connectivity index (χ3v) is 5.28. The number of quaternary nitrogens is 1. The summed E-state index contributed by atoms with van der Waals surface area (Å²) in [7, 11) is 0. The number of nitrogens with zero attached hydrogens (tertiary/aromatic N) is 1. The molecule has 0 aromatic heterocycles. The number of ether oxygens (including phenoxy) is 1. The number of urea groups is 1. The molecule has 134 valence electrons. The van der Waals surface area contributed by atoms with Crippen molar-refractivity contribution < 1.29 is 19.2 Å². The quantitative estimate of drug-likeness (QED) is 0.364. The smallest absolute Gasteiger partial charge is 0.344 e. The predicted molar refractivity (Wildman–Crippen MR) is 91.3 cm³/mol. The van der Waals surface area contributed by atoms with Gasteiger partial charge < -0.3 is 20.3 Å². The van der Waals surface area contributed by atoms with E-state index in [-0.39, 0.29) is 5.91 Å². The van der Waals surface area contributed by atoms with Crippen molar-refractivity contribution in [2.75, 3.05) is 39.4 Å². The fourth-order valence-corrected chi connectivity index (χ4v) is 3.81. The highest BCUT2D eigenvalue weighted by molar-refractivity contribution is 7.80. The van der Waals surface area contributed by atoms with Crippen LogP contribution in [0.2, 0.25) is 0 Å². The topological polar surface area (TPSA) is 87.1 Å². The highest BCUT2D eigenvalue weighted by Gasteiger charge is 2.51. The fourth-order valence-electron chi connectivity index (χ4n) is 3.62. The minimum absolute atomic E-state index is 0.213. The average molecular weight is 356 g/mol. The normalized spacial score (nSPS) is 24.1. The molecule has 3 amide bonds. The summed E-state index contributed by atoms with van der Waals surface area (Å²) in [6.45, 7) is 5.20. The maximum absolute atomic E-state index is 12.6. The van der Waals surface area contributed by atoms with E-state index in [0.717, 1.165) is 57.1 Å². The van der Waals surface area contributed by atoms with E-state index < -0.39 is 11.6 Å². The number of carbonyl (C=O) groups excluding carboxylic acids is 2. The van der Waals surface area contributed by atoms with Crippen LogP contribution in [0.3, 0.4) is 0 Å². The summed E-state index contributed by atoms with van der Waals surface area (Å²) in [6.07, 6.45) is 4.45. The largest absolute Gasteiger partial charge is 0.370 e. The van der Waals surface area contributed by atoms with Crippen LogP contribution < -0.4 is 21.0 Å². The Morgan fingerprint density at radius 2 is 1.96 bits per heavy atom. The molecule has 2 heterocycles. The van der Waals surface area contributed by atoms with E-state index in [1.54, 1.807) is 0 Å². The van der Waals surface area contributed by atoms with Crippen molar-refractivity contribution in [3.63, 3.8) is 0 Å². The van der Waals surface area contributed by atoms with Crippen molar-refractivity contribution in [2.24, 2.45) is 0 Å². The second-order valence-electron chi connectivity index (χ2n) is 6.69. The Kier molecular flexibility index (Phi) is 5.52. The van der Waals surface area contributed by atoms with Crippen LogP contribution in [0.5, 0.6) is 0 Å². The maximum Gasteiger partial charge on any atom is 0.344 e. The first-order valence-electron chi connectivity index (χ1n) is 8.73. The zero-order valence-corrected chi connectivity index (χ0v) is 14.7. The van der Waals surface area contributed by atoms with E-state index in [9.17, 15) is 9.59 Å². The monoisotopic (exact) mass is 356 g/mol. The highest BCUT2D eigenvalue weighted by atomic mass is 32.1. The number of amides is 3. The molecule has 0 unspecified atom stereocenters. The molecule has 0 atom stereocenters. The SMILES string of the molecule is O=C1NC2(CCCCC2)C(=O)N1NC(=S)NCC[NH+]1CCOCC1. The van der Waals surface area contributed by atoms with Crippen LogP contribution in [-0.4, -0.2) is 67.0 Å². The summed E-state index contributed by atoms with van der Waals surface area (Å²) in [5, 5.41) is 7.26. The zero-order chi connectivity index (χ0) is 17.0. The van der Waals surface area contributed by atoms with Gasteiger partial charge in [-0.05, 0) is 25.1 Å². The third-order valence-electron chi connectivity index (χ3n) is 5.05. The summed E-state index contributed by atoms with van der Waals surface area (Å²) in [5.41, 5.74) is 2.02. The number of rotatable bonds is 4. The molecule has 8 nitrogen and oxygen atoms in total. The number of carbonyl (C=O) groups is 2. The van der Waals surface area contributed by atoms with Gasteiger partial charge in [0.15, 0.2) is 5.11 Å². The molecule has 1 aliphatic carbocycles. The first-order chi connectivity index (χ1) is 11.6. The van der Waals surface area contributed by atoms with E-state index in [1.165, 1.54) is 4.90 Å². The standard InChI is InChI=1S/C15H25N5O3S/c21-12-15(4-2-1-3-5-15)17-14(22)20(12)18-13(24)16-6-7-19-8-10-23-11-9-19/h1-11H2,(H,17,22)(H2,16,18,24)/p+1. The summed E-state index contributed by atoms with van der Waals surface area (Å²) in [6, 6.07) is -0.412. The molecule has 1 spiro atoms. The molecule has 0 bridgehead atoms. The Labute approximate surface area is 147 Å². The average Bonchev–Trinajstić information content (AvgIpc) is 2.81. The molecule has 2 saturated heterocycles. The number of morpholine rings is 1. The Hall–Kier alpha value is -1.45. The number of hydrogen-bond donors (Lipinski definition) is 4. The van der Waals surface area contributed by atoms with E-state index in [2.05, 4.69) is 16.1 Å². The van der Waals surface area contributed by atoms with E-state index in [0.29, 0.717) is 24.5 Å². The van der Waals surface area contributed by atoms with E-state index in [1.807, 2.05) is 0 Å². The van der Waals surface area contributed by atoms with Gasteiger partial charge in [-0.25, -0.2) is 4.79 Å². The van der Waals surface area contributed by atoms with Crippen LogP contribution >= 0.6 is 12.2 Å². The molecular formula is C15H26N5O3S+. The molecule has 3 rings (SSSR count). The molecule has 4 N–H and O–H groups in total. The van der Waals surface area contributed by atoms with E-state index in [4.69, 9.17) is 17.0 Å². The van der Waals surface area contributed by atoms with Crippen LogP contribution in [0.25, 0.3) is 0 Å². The number of imide groups is 1. The molecule has 2 aliphatic heterocycles. The molecule has 0 aromatic rings. The lowest BCUT2D eigenvalue weighted by Gasteiger charge is -2.30. The molecule has 9 heteroatoms. The minimum Gasteiger partial charge on any atom is -0.370 e. The first-order valence-corrected chi connectivity index (χ1v) is 9.14. The number of hydrogen-bond acceptors (Lipinski definition) is 4. The van der Waals surface area contributed by atoms with Crippen molar-refractivity contribution in [3.8, 4) is 0 Å². The Balaban J connectivity index is 1.45. The van der Waals surface area contributed by atoms with Gasteiger partial charge in [0, 0.05) is 0 Å². The maximum atomic E-state index is 12.6. The molecular weight excluding hydrogens is 330 g/mol. The van der Waals surface area contributed by atoms with Crippen LogP contribution in [0.15, 0.2) is 0 Å². The summed E-state index contributed by atoms with van der Waals surface area (Å²) < 4.78 is 5.33. The second kappa shape index (κ2) is 7.62. The molecule has 0 radical (unpaired) electrons. The lowest BCUT2D eigenvalue weighted by Crippen LogP contribution is -3.14. The molecule has 24 heavy (non-hydrogen) atoms. The van der Waals surface area contributed by atoms with Gasteiger partial charge >= 0.3 is 6.03 Å². The molecule has 3 fully saturated rings. The predicted octanol–water partition coefficient (Wildman–Crippen LogP) is -1.46. The third kappa shape index (κ3) is 3.79. The molecule has 1 saturated carbocycles. The van der Waals surface area contributed by atoms with Gasteiger partial charge in [0.2, 0.25) is 0 Å². The van der Waals surface area contributed by atoms with Crippen molar-refractivity contribution in [1.82, 2.24) is 21.1 Å². The van der Waals surface area contributed by atoms with Crippen molar-refractivity contribution in [2.45, 2.75) is 37.6 Å². The van der Waals surface area contributed by atoms with Crippen molar-refractivity contribution >= 4 is 29.3 Å². The fraction of sp³-hybridized carbons (Fsp3) is 0.800. The lowest BCUT2D eigenvalue weighted by molar-refractivity contribution is -0.906. The Morgan fingerprint density at radius 3 is 2.67 bits per heavy atom. The van der Waals surface area contributed by atoms with Crippen LogP contribution in [0.1, 0.15) is 32.1 Å². The number of nitrogens with one attached hydrogen (secondary N) is 4. The van der Waals surface area contributed by atoms with Gasteiger partial charge in [0.05, 0.1) is 26.3 Å². The minimum atomic E-state index is -0.726. The van der Waals surface area contributed by atoms with Crippen LogP contribution in [0, 0.1) is 0 Å². The lowest BCUT2D eigenvalue weighted by atomic mass is 9.82. The summed E-state index contributed by atoms with van der Waals surface area (Å²) in [5.74, 6) is -0.213. The van der Waals surface area contributed by atoms with E-state index >= 15 is 0 Å². The van der Waals surface area contributed by atoms with Gasteiger partial charge in [0.1, 0.15) is 18.6 Å². The number of hydrazine groups is 1. The summed E-state index contributed by atoms with van der Waals surface area (Å²) >= 11 is 5.22. The van der Waals surface area contributed by atoms with Gasteiger partial charge in [0.25, 0.3) is 5.91 Å². The van der Waals surface area contributed by atoms with Gasteiger partial charge in [-0.1, -0.05) is 19.3 Å². The van der Waals surface area contributed by atoms with Gasteiger partial charge in [-0.15, -0.1) is 0 Å². The summed E-state index contributed by atoms with van der Waals surface area (Å²) in [4.78, 5) is 26.2. The molecule has 3 aliphatic rings. The molecule has 0 aromatic carbocycles. The zero-order valence-electron chi connectivity index (χ0n) is 13.9. The van der Waals surface area contributed by atoms with Crippen LogP contribution in [-0.2, 0) is 9.53 Å². The van der Waals surface area contributed by atoms with Crippen LogP contribution in [0.4, 0.5) is 4.79 Å². The van der Waals surface area contributed by atoms with Gasteiger partial charge in [-0.2, -0.15) is 5.01 Å². The Morgan fingerprint density at radius 1 is 1.25 bits per heavy atom. The number of thiocarbonyl (C=S) groups is 1. The first kappa shape index (κ1) is 17.4. The Bertz CT molecular complexity index is 503. The van der Waals surface area contributed by atoms with Gasteiger partial charge in [-0.3, -0.25) is 10.2 Å². The van der Waals surface area contributed by atoms with Crippen molar-refractivity contribution in [1.29, 1.82) is 0 Å². The second-order valence-corrected chi connectivity index (χ2v) is 7.10. The highest BCUT2D eigenvalue weighted by Crippen LogP contribution is 2.32.